The van der Waals surface area contributed by atoms with E-state index in [0.29, 0.717) is 11.5 Å². The number of carbonyl (C=O) groups is 6. The van der Waals surface area contributed by atoms with Crippen molar-refractivity contribution >= 4 is 35.6 Å². The van der Waals surface area contributed by atoms with E-state index in [4.69, 9.17) is 18.9 Å². The van der Waals surface area contributed by atoms with Crippen molar-refractivity contribution in [3.8, 4) is 11.5 Å². The molecule has 2 heterocycles. The number of hydrogen-bond acceptors (Lipinski definition) is 12. The van der Waals surface area contributed by atoms with Gasteiger partial charge in [-0.1, -0.05) is 38.1 Å². The van der Waals surface area contributed by atoms with Crippen LogP contribution in [0.5, 0.6) is 11.5 Å². The van der Waals surface area contributed by atoms with Crippen molar-refractivity contribution < 1.29 is 57.9 Å². The predicted molar refractivity (Wildman–Crippen MR) is 162 cm³/mol. The summed E-state index contributed by atoms with van der Waals surface area (Å²) in [6.07, 6.45) is 1.98. The highest BCUT2D eigenvalue weighted by Crippen LogP contribution is 2.33. The van der Waals surface area contributed by atoms with Gasteiger partial charge >= 0.3 is 11.9 Å². The molecule has 0 aliphatic carbocycles. The third kappa shape index (κ3) is 9.34. The minimum atomic E-state index is -1.13. The van der Waals surface area contributed by atoms with E-state index in [1.807, 2.05) is 38.1 Å². The molecule has 0 spiro atoms. The molecule has 14 heteroatoms. The van der Waals surface area contributed by atoms with Gasteiger partial charge in [-0.15, -0.1) is 0 Å². The largest absolute Gasteiger partial charge is 0.491 e. The second kappa shape index (κ2) is 15.3. The number of aliphatic hydroxyl groups is 2. The van der Waals surface area contributed by atoms with E-state index in [9.17, 15) is 39.0 Å². The lowest BCUT2D eigenvalue weighted by Crippen LogP contribution is -2.37. The van der Waals surface area contributed by atoms with Gasteiger partial charge < -0.3 is 29.2 Å². The number of rotatable bonds is 16. The Bertz CT molecular complexity index is 1410. The number of benzene rings is 2. The zero-order valence-electron chi connectivity index (χ0n) is 25.7. The van der Waals surface area contributed by atoms with Crippen molar-refractivity contribution in [3.63, 3.8) is 0 Å². The van der Waals surface area contributed by atoms with Gasteiger partial charge in [0.2, 0.25) is 0 Å². The van der Waals surface area contributed by atoms with Crippen LogP contribution in [0.3, 0.4) is 0 Å². The molecule has 2 aliphatic rings. The van der Waals surface area contributed by atoms with Gasteiger partial charge in [-0.05, 0) is 35.4 Å². The molecule has 47 heavy (non-hydrogen) atoms. The van der Waals surface area contributed by atoms with E-state index in [0.717, 1.165) is 45.2 Å². The minimum Gasteiger partial charge on any atom is -0.491 e. The van der Waals surface area contributed by atoms with E-state index >= 15 is 0 Å². The minimum absolute atomic E-state index is 0.157. The maximum atomic E-state index is 11.9. The Balaban J connectivity index is 1.17. The summed E-state index contributed by atoms with van der Waals surface area (Å²) in [5.41, 5.74) is 1.53. The zero-order chi connectivity index (χ0) is 34.1. The maximum absolute atomic E-state index is 11.9. The number of nitrogens with zero attached hydrogens (tertiary/aromatic N) is 2. The van der Waals surface area contributed by atoms with Gasteiger partial charge in [-0.3, -0.25) is 38.6 Å². The van der Waals surface area contributed by atoms with Crippen molar-refractivity contribution in [2.75, 3.05) is 39.5 Å². The molecule has 248 valence electrons. The smallest absolute Gasteiger partial charge is 0.326 e. The third-order valence-corrected chi connectivity index (χ3v) is 7.29. The van der Waals surface area contributed by atoms with E-state index in [-0.39, 0.29) is 26.4 Å². The summed E-state index contributed by atoms with van der Waals surface area (Å²) in [7, 11) is 0. The van der Waals surface area contributed by atoms with Crippen LogP contribution in [0.4, 0.5) is 0 Å². The molecule has 4 amide bonds. The van der Waals surface area contributed by atoms with Gasteiger partial charge in [0.05, 0.1) is 0 Å². The number of hydrogen-bond donors (Lipinski definition) is 2. The molecule has 2 aromatic carbocycles. The SMILES string of the molecule is CC(C)(c1ccc(OCC(O)COC(=O)CN2C(=O)C=CC2=O)cc1)c1ccc(OCC(O)COC(=O)CN2C(=O)C=CC2=O)cc1. The summed E-state index contributed by atoms with van der Waals surface area (Å²) >= 11 is 0. The molecule has 2 N–H and O–H groups in total. The fraction of sp³-hybridized carbons (Fsp3) is 0.333. The van der Waals surface area contributed by atoms with E-state index in [1.54, 1.807) is 24.3 Å². The highest BCUT2D eigenvalue weighted by Gasteiger charge is 2.28. The summed E-state index contributed by atoms with van der Waals surface area (Å²) in [6, 6.07) is 14.5. The monoisotopic (exact) mass is 650 g/mol. The average Bonchev–Trinajstić information content (AvgIpc) is 3.55. The summed E-state index contributed by atoms with van der Waals surface area (Å²) in [4.78, 5) is 71.4. The lowest BCUT2D eigenvalue weighted by molar-refractivity contribution is -0.154. The van der Waals surface area contributed by atoms with Crippen LogP contribution >= 0.6 is 0 Å². The van der Waals surface area contributed by atoms with Gasteiger partial charge in [0.15, 0.2) is 0 Å². The molecule has 4 rings (SSSR count). The van der Waals surface area contributed by atoms with Crippen LogP contribution in [0.1, 0.15) is 25.0 Å². The Kier molecular flexibility index (Phi) is 11.2. The Labute approximate surface area is 269 Å². The Morgan fingerprint density at radius 2 is 0.915 bits per heavy atom. The summed E-state index contributed by atoms with van der Waals surface area (Å²) in [6.45, 7) is 1.93. The van der Waals surface area contributed by atoms with Gasteiger partial charge in [0.1, 0.15) is 63.2 Å². The zero-order valence-corrected chi connectivity index (χ0v) is 25.7. The van der Waals surface area contributed by atoms with Crippen molar-refractivity contribution in [3.05, 3.63) is 84.0 Å². The first-order valence-corrected chi connectivity index (χ1v) is 14.5. The molecule has 0 aromatic heterocycles. The molecule has 2 aliphatic heterocycles. The van der Waals surface area contributed by atoms with Crippen molar-refractivity contribution in [1.29, 1.82) is 0 Å². The van der Waals surface area contributed by atoms with Crippen LogP contribution in [0.25, 0.3) is 0 Å². The van der Waals surface area contributed by atoms with Gasteiger partial charge in [0.25, 0.3) is 23.6 Å². The maximum Gasteiger partial charge on any atom is 0.326 e. The average molecular weight is 651 g/mol. The van der Waals surface area contributed by atoms with Crippen LogP contribution in [0.15, 0.2) is 72.8 Å². The van der Waals surface area contributed by atoms with E-state index in [2.05, 4.69) is 0 Å². The summed E-state index contributed by atoms with van der Waals surface area (Å²) in [5.74, 6) is -3.11. The third-order valence-electron chi connectivity index (χ3n) is 7.29. The van der Waals surface area contributed by atoms with Gasteiger partial charge in [-0.2, -0.15) is 0 Å². The number of ether oxygens (including phenoxy) is 4. The predicted octanol–water partition coefficient (Wildman–Crippen LogP) is 0.428. The quantitative estimate of drug-likeness (QED) is 0.189. The van der Waals surface area contributed by atoms with Crippen molar-refractivity contribution in [1.82, 2.24) is 9.80 Å². The fourth-order valence-corrected chi connectivity index (χ4v) is 4.49. The first-order valence-electron chi connectivity index (χ1n) is 14.5. The standard InChI is InChI=1S/C33H34N2O12/c1-33(2,21-3-7-25(8-4-21)44-17-23(36)19-46-31(42)15-34-27(38)11-12-28(34)39)22-5-9-26(10-6-22)45-18-24(37)20-47-32(43)16-35-29(40)13-14-30(35)41/h3-14,23-24,36-37H,15-20H2,1-2H3. The summed E-state index contributed by atoms with van der Waals surface area (Å²) in [5, 5.41) is 20.3. The molecular formula is C33H34N2O12. The molecule has 2 unspecified atom stereocenters. The van der Waals surface area contributed by atoms with Crippen LogP contribution < -0.4 is 9.47 Å². The summed E-state index contributed by atoms with van der Waals surface area (Å²) < 4.78 is 21.1. The molecule has 2 atom stereocenters. The molecule has 0 saturated heterocycles. The van der Waals surface area contributed by atoms with Crippen LogP contribution in [0, 0.1) is 0 Å². The molecule has 0 fully saturated rings. The second-order valence-electron chi connectivity index (χ2n) is 11.2. The molecule has 0 saturated carbocycles. The number of imide groups is 2. The molecule has 14 nitrogen and oxygen atoms in total. The molecule has 2 aromatic rings. The number of aliphatic hydroxyl groups excluding tert-OH is 2. The van der Waals surface area contributed by atoms with Crippen molar-refractivity contribution in [2.45, 2.75) is 31.5 Å². The van der Waals surface area contributed by atoms with Crippen LogP contribution in [0.2, 0.25) is 0 Å². The lowest BCUT2D eigenvalue weighted by atomic mass is 9.78. The Hall–Kier alpha value is -5.34. The first kappa shape index (κ1) is 34.5. The number of carbonyl (C=O) groups excluding carboxylic acids is 6. The Morgan fingerprint density at radius 1 is 0.596 bits per heavy atom. The molecule has 0 bridgehead atoms. The van der Waals surface area contributed by atoms with Gasteiger partial charge in [-0.25, -0.2) is 0 Å². The lowest BCUT2D eigenvalue weighted by Gasteiger charge is -2.26. The molecular weight excluding hydrogens is 616 g/mol. The Morgan fingerprint density at radius 3 is 1.23 bits per heavy atom. The van der Waals surface area contributed by atoms with E-state index < -0.39 is 66.3 Å². The van der Waals surface area contributed by atoms with E-state index in [1.165, 1.54) is 0 Å². The fourth-order valence-electron chi connectivity index (χ4n) is 4.49. The molecule has 0 radical (unpaired) electrons. The normalized spacial score (nSPS) is 15.7. The topological polar surface area (TPSA) is 186 Å². The van der Waals surface area contributed by atoms with Gasteiger partial charge in [0, 0.05) is 29.7 Å². The van der Waals surface area contributed by atoms with Crippen molar-refractivity contribution in [2.24, 2.45) is 0 Å². The highest BCUT2D eigenvalue weighted by atomic mass is 16.6. The van der Waals surface area contributed by atoms with Crippen LogP contribution in [-0.4, -0.2) is 107 Å². The van der Waals surface area contributed by atoms with Crippen LogP contribution in [-0.2, 0) is 43.7 Å². The second-order valence-corrected chi connectivity index (χ2v) is 11.2. The highest BCUT2D eigenvalue weighted by molar-refractivity contribution is 6.14. The first-order chi connectivity index (χ1) is 22.3. The number of amides is 4. The number of esters is 2.